The van der Waals surface area contributed by atoms with Gasteiger partial charge in [-0.2, -0.15) is 5.10 Å². The molecule has 1 aromatic heterocycles. The fourth-order valence-electron chi connectivity index (χ4n) is 1.59. The molecule has 0 aliphatic carbocycles. The SMILES string of the molecule is Cc1nc(C)n(C(C)CC(C)N)n1. The van der Waals surface area contributed by atoms with Crippen LogP contribution in [-0.4, -0.2) is 20.8 Å². The van der Waals surface area contributed by atoms with E-state index >= 15 is 0 Å². The number of nitrogens with zero attached hydrogens (tertiary/aromatic N) is 3. The van der Waals surface area contributed by atoms with E-state index in [-0.39, 0.29) is 6.04 Å². The highest BCUT2D eigenvalue weighted by atomic mass is 15.4. The minimum Gasteiger partial charge on any atom is -0.328 e. The van der Waals surface area contributed by atoms with Gasteiger partial charge < -0.3 is 5.73 Å². The van der Waals surface area contributed by atoms with E-state index in [1.165, 1.54) is 0 Å². The third-order valence-corrected chi connectivity index (χ3v) is 2.04. The molecule has 0 saturated carbocycles. The Labute approximate surface area is 79.2 Å². The van der Waals surface area contributed by atoms with Gasteiger partial charge in [-0.25, -0.2) is 9.67 Å². The number of aryl methyl sites for hydroxylation is 2. The van der Waals surface area contributed by atoms with Crippen molar-refractivity contribution in [2.45, 2.75) is 46.2 Å². The van der Waals surface area contributed by atoms with Gasteiger partial charge in [0.2, 0.25) is 0 Å². The molecular formula is C9H18N4. The van der Waals surface area contributed by atoms with Crippen LogP contribution in [0.1, 0.15) is 38.0 Å². The van der Waals surface area contributed by atoms with Crippen molar-refractivity contribution in [3.05, 3.63) is 11.6 Å². The zero-order valence-corrected chi connectivity index (χ0v) is 8.78. The maximum absolute atomic E-state index is 5.73. The molecule has 1 aromatic rings. The molecule has 0 bridgehead atoms. The molecule has 1 rings (SSSR count). The molecule has 1 heterocycles. The van der Waals surface area contributed by atoms with E-state index in [0.717, 1.165) is 18.1 Å². The average molecular weight is 182 g/mol. The van der Waals surface area contributed by atoms with Gasteiger partial charge in [0.05, 0.1) is 6.04 Å². The van der Waals surface area contributed by atoms with Crippen molar-refractivity contribution < 1.29 is 0 Å². The van der Waals surface area contributed by atoms with E-state index < -0.39 is 0 Å². The quantitative estimate of drug-likeness (QED) is 0.764. The maximum atomic E-state index is 5.73. The van der Waals surface area contributed by atoms with Crippen LogP contribution in [0.4, 0.5) is 0 Å². The highest BCUT2D eigenvalue weighted by Gasteiger charge is 2.11. The van der Waals surface area contributed by atoms with Gasteiger partial charge in [-0.3, -0.25) is 0 Å². The molecule has 4 heteroatoms. The van der Waals surface area contributed by atoms with Crippen molar-refractivity contribution in [2.24, 2.45) is 5.73 Å². The minimum absolute atomic E-state index is 0.207. The largest absolute Gasteiger partial charge is 0.328 e. The first-order valence-corrected chi connectivity index (χ1v) is 4.66. The van der Waals surface area contributed by atoms with Crippen molar-refractivity contribution in [1.29, 1.82) is 0 Å². The first-order chi connectivity index (χ1) is 6.00. The molecule has 0 fully saturated rings. The lowest BCUT2D eigenvalue weighted by Crippen LogP contribution is -2.21. The van der Waals surface area contributed by atoms with Gasteiger partial charge >= 0.3 is 0 Å². The number of hydrogen-bond donors (Lipinski definition) is 1. The van der Waals surface area contributed by atoms with Crippen LogP contribution in [0.15, 0.2) is 0 Å². The molecule has 0 aromatic carbocycles. The second-order valence-corrected chi connectivity index (χ2v) is 3.71. The van der Waals surface area contributed by atoms with E-state index in [4.69, 9.17) is 5.73 Å². The molecule has 2 unspecified atom stereocenters. The summed E-state index contributed by atoms with van der Waals surface area (Å²) < 4.78 is 1.94. The zero-order chi connectivity index (χ0) is 10.0. The summed E-state index contributed by atoms with van der Waals surface area (Å²) in [6, 6.07) is 0.542. The van der Waals surface area contributed by atoms with Crippen LogP contribution in [0.25, 0.3) is 0 Å². The third kappa shape index (κ3) is 2.52. The molecule has 0 amide bonds. The van der Waals surface area contributed by atoms with Crippen LogP contribution < -0.4 is 5.73 Å². The van der Waals surface area contributed by atoms with Crippen molar-refractivity contribution in [3.63, 3.8) is 0 Å². The summed E-state index contributed by atoms with van der Waals surface area (Å²) in [5, 5.41) is 4.31. The summed E-state index contributed by atoms with van der Waals surface area (Å²) in [5.41, 5.74) is 5.73. The van der Waals surface area contributed by atoms with Crippen LogP contribution in [0.2, 0.25) is 0 Å². The monoisotopic (exact) mass is 182 g/mol. The molecule has 0 radical (unpaired) electrons. The number of nitrogens with two attached hydrogens (primary N) is 1. The first-order valence-electron chi connectivity index (χ1n) is 4.66. The van der Waals surface area contributed by atoms with E-state index in [1.807, 2.05) is 25.5 Å². The van der Waals surface area contributed by atoms with Crippen LogP contribution >= 0.6 is 0 Å². The summed E-state index contributed by atoms with van der Waals surface area (Å²) >= 11 is 0. The average Bonchev–Trinajstić information content (AvgIpc) is 2.28. The van der Waals surface area contributed by atoms with Crippen molar-refractivity contribution in [2.75, 3.05) is 0 Å². The normalized spacial score (nSPS) is 15.8. The smallest absolute Gasteiger partial charge is 0.147 e. The van der Waals surface area contributed by atoms with Crippen LogP contribution in [0.5, 0.6) is 0 Å². The van der Waals surface area contributed by atoms with Crippen LogP contribution in [0.3, 0.4) is 0 Å². The topological polar surface area (TPSA) is 56.7 Å². The van der Waals surface area contributed by atoms with E-state index in [0.29, 0.717) is 6.04 Å². The minimum atomic E-state index is 0.207. The lowest BCUT2D eigenvalue weighted by Gasteiger charge is -2.15. The van der Waals surface area contributed by atoms with Crippen molar-refractivity contribution in [3.8, 4) is 0 Å². The van der Waals surface area contributed by atoms with Gasteiger partial charge in [-0.15, -0.1) is 0 Å². The Morgan fingerprint density at radius 1 is 1.38 bits per heavy atom. The maximum Gasteiger partial charge on any atom is 0.147 e. The summed E-state index contributed by atoms with van der Waals surface area (Å²) in [4.78, 5) is 4.25. The molecule has 2 atom stereocenters. The molecule has 0 spiro atoms. The summed E-state index contributed by atoms with van der Waals surface area (Å²) in [5.74, 6) is 1.79. The van der Waals surface area contributed by atoms with Gasteiger partial charge in [0.1, 0.15) is 11.6 Å². The van der Waals surface area contributed by atoms with E-state index in [9.17, 15) is 0 Å². The first kappa shape index (κ1) is 10.2. The fourth-order valence-corrected chi connectivity index (χ4v) is 1.59. The summed E-state index contributed by atoms with van der Waals surface area (Å²) in [6.45, 7) is 8.00. The molecule has 2 N–H and O–H groups in total. The predicted molar refractivity (Wildman–Crippen MR) is 52.5 cm³/mol. The number of aromatic nitrogens is 3. The Morgan fingerprint density at radius 2 is 2.00 bits per heavy atom. The van der Waals surface area contributed by atoms with E-state index in [1.54, 1.807) is 0 Å². The molecular weight excluding hydrogens is 164 g/mol. The highest BCUT2D eigenvalue weighted by Crippen LogP contribution is 2.12. The molecule has 13 heavy (non-hydrogen) atoms. The third-order valence-electron chi connectivity index (χ3n) is 2.04. The number of rotatable bonds is 3. The van der Waals surface area contributed by atoms with Gasteiger partial charge in [-0.1, -0.05) is 0 Å². The lowest BCUT2D eigenvalue weighted by atomic mass is 10.1. The zero-order valence-electron chi connectivity index (χ0n) is 8.78. The Balaban J connectivity index is 2.76. The summed E-state index contributed by atoms with van der Waals surface area (Å²) in [6.07, 6.45) is 0.934. The Morgan fingerprint density at radius 3 is 2.38 bits per heavy atom. The van der Waals surface area contributed by atoms with Gasteiger partial charge in [-0.05, 0) is 34.1 Å². The highest BCUT2D eigenvalue weighted by molar-refractivity contribution is 4.89. The van der Waals surface area contributed by atoms with Gasteiger partial charge in [0.15, 0.2) is 0 Å². The second-order valence-electron chi connectivity index (χ2n) is 3.71. The second kappa shape index (κ2) is 3.87. The Kier molecular flexibility index (Phi) is 3.03. The molecule has 74 valence electrons. The Hall–Kier alpha value is -0.900. The van der Waals surface area contributed by atoms with Crippen LogP contribution in [0, 0.1) is 13.8 Å². The fraction of sp³-hybridized carbons (Fsp3) is 0.778. The molecule has 0 saturated heterocycles. The van der Waals surface area contributed by atoms with E-state index in [2.05, 4.69) is 17.0 Å². The molecule has 4 nitrogen and oxygen atoms in total. The van der Waals surface area contributed by atoms with Gasteiger partial charge in [0.25, 0.3) is 0 Å². The predicted octanol–water partition coefficient (Wildman–Crippen LogP) is 1.19. The molecule has 0 aliphatic heterocycles. The number of hydrogen-bond acceptors (Lipinski definition) is 3. The lowest BCUT2D eigenvalue weighted by molar-refractivity contribution is 0.418. The molecule has 0 aliphatic rings. The Bertz CT molecular complexity index is 277. The van der Waals surface area contributed by atoms with Crippen molar-refractivity contribution in [1.82, 2.24) is 14.8 Å². The van der Waals surface area contributed by atoms with Crippen LogP contribution in [-0.2, 0) is 0 Å². The summed E-state index contributed by atoms with van der Waals surface area (Å²) in [7, 11) is 0. The standard InChI is InChI=1S/C9H18N4/c1-6(10)5-7(2)13-9(4)11-8(3)12-13/h6-7H,5,10H2,1-4H3. The van der Waals surface area contributed by atoms with Crippen molar-refractivity contribution >= 4 is 0 Å². The van der Waals surface area contributed by atoms with Gasteiger partial charge in [0, 0.05) is 6.04 Å².